The Kier molecular flexibility index (Phi) is 5.07. The van der Waals surface area contributed by atoms with Crippen molar-refractivity contribution in [1.82, 2.24) is 4.31 Å². The number of aryl methyl sites for hydroxylation is 3. The molecule has 2 rings (SSSR count). The van der Waals surface area contributed by atoms with E-state index >= 15 is 0 Å². The molecule has 0 saturated heterocycles. The molecule has 1 aromatic rings. The van der Waals surface area contributed by atoms with E-state index in [0.29, 0.717) is 36.9 Å². The molecule has 0 unspecified atom stereocenters. The van der Waals surface area contributed by atoms with Gasteiger partial charge in [0.2, 0.25) is 10.0 Å². The van der Waals surface area contributed by atoms with Crippen molar-refractivity contribution < 1.29 is 8.42 Å². The minimum absolute atomic E-state index is 0.478. The van der Waals surface area contributed by atoms with Gasteiger partial charge in [-0.1, -0.05) is 17.7 Å². The fourth-order valence-electron chi connectivity index (χ4n) is 2.87. The van der Waals surface area contributed by atoms with E-state index < -0.39 is 10.0 Å². The van der Waals surface area contributed by atoms with Gasteiger partial charge in [-0.2, -0.15) is 4.31 Å². The maximum Gasteiger partial charge on any atom is 0.243 e. The number of rotatable bonds is 7. The van der Waals surface area contributed by atoms with Crippen molar-refractivity contribution in [3.8, 4) is 0 Å². The predicted molar refractivity (Wildman–Crippen MR) is 85.8 cm³/mol. The van der Waals surface area contributed by atoms with Crippen molar-refractivity contribution in [2.24, 2.45) is 11.7 Å². The molecule has 0 radical (unpaired) electrons. The summed E-state index contributed by atoms with van der Waals surface area (Å²) in [5.74, 6) is 0.531. The standard InChI is InChI=1S/C16H26N2O2S/c1-12-9-13(2)16(14(3)10-12)21(19,20)18(8-4-7-17)11-15-5-6-15/h9-10,15H,4-8,11,17H2,1-3H3. The lowest BCUT2D eigenvalue weighted by atomic mass is 10.1. The highest BCUT2D eigenvalue weighted by molar-refractivity contribution is 7.89. The van der Waals surface area contributed by atoms with Crippen molar-refractivity contribution in [2.75, 3.05) is 19.6 Å². The molecular weight excluding hydrogens is 284 g/mol. The summed E-state index contributed by atoms with van der Waals surface area (Å²) < 4.78 is 27.7. The van der Waals surface area contributed by atoms with Gasteiger partial charge in [0, 0.05) is 13.1 Å². The molecule has 0 atom stereocenters. The zero-order valence-electron chi connectivity index (χ0n) is 13.2. The average molecular weight is 310 g/mol. The van der Waals surface area contributed by atoms with Gasteiger partial charge in [-0.3, -0.25) is 0 Å². The topological polar surface area (TPSA) is 63.4 Å². The molecule has 1 aromatic carbocycles. The summed E-state index contributed by atoms with van der Waals surface area (Å²) in [5, 5.41) is 0. The smallest absolute Gasteiger partial charge is 0.243 e. The maximum atomic E-state index is 13.0. The monoisotopic (exact) mass is 310 g/mol. The minimum Gasteiger partial charge on any atom is -0.330 e. The molecule has 0 bridgehead atoms. The van der Waals surface area contributed by atoms with Crippen molar-refractivity contribution in [3.05, 3.63) is 28.8 Å². The molecule has 1 aliphatic rings. The molecule has 0 amide bonds. The van der Waals surface area contributed by atoms with Crippen LogP contribution in [-0.2, 0) is 10.0 Å². The van der Waals surface area contributed by atoms with Gasteiger partial charge < -0.3 is 5.73 Å². The van der Waals surface area contributed by atoms with E-state index in [1.54, 1.807) is 4.31 Å². The lowest BCUT2D eigenvalue weighted by Gasteiger charge is -2.24. The number of hydrogen-bond acceptors (Lipinski definition) is 3. The predicted octanol–water partition coefficient (Wildman–Crippen LogP) is 2.36. The summed E-state index contributed by atoms with van der Waals surface area (Å²) in [4.78, 5) is 0.478. The minimum atomic E-state index is -3.43. The van der Waals surface area contributed by atoms with E-state index in [0.717, 1.165) is 29.5 Å². The molecule has 0 aliphatic heterocycles. The maximum absolute atomic E-state index is 13.0. The van der Waals surface area contributed by atoms with Gasteiger partial charge in [-0.05, 0) is 63.6 Å². The molecule has 4 nitrogen and oxygen atoms in total. The fourth-order valence-corrected chi connectivity index (χ4v) is 4.83. The van der Waals surface area contributed by atoms with Crippen LogP contribution in [0.4, 0.5) is 0 Å². The molecular formula is C16H26N2O2S. The number of sulfonamides is 1. The molecule has 5 heteroatoms. The summed E-state index contributed by atoms with van der Waals surface area (Å²) in [7, 11) is -3.43. The van der Waals surface area contributed by atoms with E-state index in [2.05, 4.69) is 0 Å². The largest absolute Gasteiger partial charge is 0.330 e. The van der Waals surface area contributed by atoms with Crippen LogP contribution in [0.3, 0.4) is 0 Å². The van der Waals surface area contributed by atoms with E-state index in [9.17, 15) is 8.42 Å². The zero-order valence-corrected chi connectivity index (χ0v) is 14.0. The van der Waals surface area contributed by atoms with Crippen LogP contribution in [0, 0.1) is 26.7 Å². The SMILES string of the molecule is Cc1cc(C)c(S(=O)(=O)N(CCCN)CC2CC2)c(C)c1. The average Bonchev–Trinajstić information content (AvgIpc) is 3.16. The van der Waals surface area contributed by atoms with Gasteiger partial charge >= 0.3 is 0 Å². The van der Waals surface area contributed by atoms with Crippen molar-refractivity contribution in [3.63, 3.8) is 0 Å². The van der Waals surface area contributed by atoms with Crippen LogP contribution in [0.5, 0.6) is 0 Å². The summed E-state index contributed by atoms with van der Waals surface area (Å²) in [6.45, 7) is 7.42. The Balaban J connectivity index is 2.37. The third kappa shape index (κ3) is 3.84. The third-order valence-electron chi connectivity index (χ3n) is 3.97. The summed E-state index contributed by atoms with van der Waals surface area (Å²) in [6, 6.07) is 3.89. The van der Waals surface area contributed by atoms with E-state index in [4.69, 9.17) is 5.73 Å². The van der Waals surface area contributed by atoms with Crippen molar-refractivity contribution >= 4 is 10.0 Å². The van der Waals surface area contributed by atoms with Crippen LogP contribution in [0.2, 0.25) is 0 Å². The Morgan fingerprint density at radius 3 is 2.24 bits per heavy atom. The lowest BCUT2D eigenvalue weighted by Crippen LogP contribution is -2.35. The van der Waals surface area contributed by atoms with Gasteiger partial charge in [0.1, 0.15) is 0 Å². The zero-order chi connectivity index (χ0) is 15.6. The third-order valence-corrected chi connectivity index (χ3v) is 6.14. The number of hydrogen-bond donors (Lipinski definition) is 1. The first-order valence-electron chi connectivity index (χ1n) is 7.64. The second-order valence-electron chi connectivity index (χ2n) is 6.18. The normalized spacial score (nSPS) is 15.7. The second kappa shape index (κ2) is 6.46. The van der Waals surface area contributed by atoms with Crippen LogP contribution in [0.15, 0.2) is 17.0 Å². The summed E-state index contributed by atoms with van der Waals surface area (Å²) in [6.07, 6.45) is 2.98. The van der Waals surface area contributed by atoms with Crippen LogP contribution in [0.1, 0.15) is 36.0 Å². The van der Waals surface area contributed by atoms with Gasteiger partial charge in [0.05, 0.1) is 4.90 Å². The molecule has 2 N–H and O–H groups in total. The van der Waals surface area contributed by atoms with Gasteiger partial charge in [-0.15, -0.1) is 0 Å². The lowest BCUT2D eigenvalue weighted by molar-refractivity contribution is 0.391. The highest BCUT2D eigenvalue weighted by atomic mass is 32.2. The Labute approximate surface area is 128 Å². The van der Waals surface area contributed by atoms with Crippen LogP contribution in [-0.4, -0.2) is 32.4 Å². The van der Waals surface area contributed by atoms with E-state index in [1.165, 1.54) is 0 Å². The molecule has 21 heavy (non-hydrogen) atoms. The molecule has 118 valence electrons. The molecule has 0 heterocycles. The van der Waals surface area contributed by atoms with Gasteiger partial charge in [0.15, 0.2) is 0 Å². The highest BCUT2D eigenvalue weighted by Crippen LogP contribution is 2.33. The van der Waals surface area contributed by atoms with Gasteiger partial charge in [0.25, 0.3) is 0 Å². The molecule has 0 aromatic heterocycles. The first-order chi connectivity index (χ1) is 9.86. The quantitative estimate of drug-likeness (QED) is 0.841. The molecule has 1 aliphatic carbocycles. The Bertz CT molecular complexity index is 584. The van der Waals surface area contributed by atoms with Crippen molar-refractivity contribution in [1.29, 1.82) is 0 Å². The van der Waals surface area contributed by atoms with Gasteiger partial charge in [-0.25, -0.2) is 8.42 Å². The second-order valence-corrected chi connectivity index (χ2v) is 8.05. The van der Waals surface area contributed by atoms with Crippen LogP contribution >= 0.6 is 0 Å². The Morgan fingerprint density at radius 1 is 1.19 bits per heavy atom. The van der Waals surface area contributed by atoms with Crippen LogP contribution in [0.25, 0.3) is 0 Å². The first kappa shape index (κ1) is 16.5. The van der Waals surface area contributed by atoms with Crippen molar-refractivity contribution in [2.45, 2.75) is 44.9 Å². The molecule has 1 fully saturated rings. The Hall–Kier alpha value is -0.910. The summed E-state index contributed by atoms with van der Waals surface area (Å²) in [5.41, 5.74) is 8.33. The number of nitrogens with zero attached hydrogens (tertiary/aromatic N) is 1. The molecule has 1 saturated carbocycles. The van der Waals surface area contributed by atoms with E-state index in [1.807, 2.05) is 32.9 Å². The summed E-state index contributed by atoms with van der Waals surface area (Å²) >= 11 is 0. The number of benzene rings is 1. The van der Waals surface area contributed by atoms with Crippen LogP contribution < -0.4 is 5.73 Å². The molecule has 0 spiro atoms. The Morgan fingerprint density at radius 2 is 1.76 bits per heavy atom. The number of nitrogens with two attached hydrogens (primary N) is 1. The fraction of sp³-hybridized carbons (Fsp3) is 0.625. The van der Waals surface area contributed by atoms with E-state index in [-0.39, 0.29) is 0 Å². The highest BCUT2D eigenvalue weighted by Gasteiger charge is 2.32. The first-order valence-corrected chi connectivity index (χ1v) is 9.08.